The van der Waals surface area contributed by atoms with Crippen LogP contribution in [0.3, 0.4) is 0 Å². The largest absolute Gasteiger partial charge is 0.357 e. The Bertz CT molecular complexity index is 410. The van der Waals surface area contributed by atoms with E-state index in [0.29, 0.717) is 5.11 Å². The molecule has 0 heterocycles. The highest BCUT2D eigenvalue weighted by atomic mass is 35.5. The van der Waals surface area contributed by atoms with Gasteiger partial charge in [0.1, 0.15) is 0 Å². The van der Waals surface area contributed by atoms with Crippen LogP contribution < -0.4 is 10.6 Å². The highest BCUT2D eigenvalue weighted by molar-refractivity contribution is 7.80. The first kappa shape index (κ1) is 13.6. The SMILES string of the molecule is CC1(NC(=S)Nc2ccc(Cl)cc2)CCCCC1. The number of nitrogens with one attached hydrogen (secondary N) is 2. The Balaban J connectivity index is 1.90. The van der Waals surface area contributed by atoms with Crippen molar-refractivity contribution in [3.63, 3.8) is 0 Å². The van der Waals surface area contributed by atoms with Crippen molar-refractivity contribution < 1.29 is 0 Å². The Labute approximate surface area is 119 Å². The minimum atomic E-state index is 0.148. The number of anilines is 1. The van der Waals surface area contributed by atoms with Crippen LogP contribution in [-0.4, -0.2) is 10.7 Å². The van der Waals surface area contributed by atoms with E-state index in [0.717, 1.165) is 10.7 Å². The average Bonchev–Trinajstić information content (AvgIpc) is 2.32. The molecule has 0 radical (unpaired) electrons. The molecule has 0 bridgehead atoms. The van der Waals surface area contributed by atoms with Gasteiger partial charge in [0.25, 0.3) is 0 Å². The second-order valence-electron chi connectivity index (χ2n) is 5.21. The van der Waals surface area contributed by atoms with Gasteiger partial charge in [0.2, 0.25) is 0 Å². The maximum absolute atomic E-state index is 5.85. The predicted octanol–water partition coefficient (Wildman–Crippen LogP) is 4.35. The van der Waals surface area contributed by atoms with Gasteiger partial charge in [-0.05, 0) is 56.2 Å². The summed E-state index contributed by atoms with van der Waals surface area (Å²) in [5.74, 6) is 0. The summed E-state index contributed by atoms with van der Waals surface area (Å²) in [7, 11) is 0. The zero-order chi connectivity index (χ0) is 13.0. The molecule has 2 N–H and O–H groups in total. The first-order chi connectivity index (χ1) is 8.57. The van der Waals surface area contributed by atoms with Crippen molar-refractivity contribution in [2.75, 3.05) is 5.32 Å². The van der Waals surface area contributed by atoms with Crippen molar-refractivity contribution in [1.82, 2.24) is 5.32 Å². The molecule has 1 aromatic rings. The summed E-state index contributed by atoms with van der Waals surface area (Å²) in [6, 6.07) is 7.57. The summed E-state index contributed by atoms with van der Waals surface area (Å²) in [4.78, 5) is 0. The summed E-state index contributed by atoms with van der Waals surface area (Å²) in [5.41, 5.74) is 1.12. The van der Waals surface area contributed by atoms with Gasteiger partial charge in [-0.3, -0.25) is 0 Å². The highest BCUT2D eigenvalue weighted by Gasteiger charge is 2.27. The third kappa shape index (κ3) is 3.85. The number of halogens is 1. The lowest BCUT2D eigenvalue weighted by atomic mass is 9.83. The quantitative estimate of drug-likeness (QED) is 0.789. The fraction of sp³-hybridized carbons (Fsp3) is 0.500. The molecule has 1 aliphatic rings. The monoisotopic (exact) mass is 282 g/mol. The van der Waals surface area contributed by atoms with Crippen molar-refractivity contribution >= 4 is 34.6 Å². The van der Waals surface area contributed by atoms with E-state index in [1.54, 1.807) is 0 Å². The molecular formula is C14H19ClN2S. The molecule has 0 unspecified atom stereocenters. The highest BCUT2D eigenvalue weighted by Crippen LogP contribution is 2.27. The molecule has 0 spiro atoms. The molecule has 1 fully saturated rings. The first-order valence-corrected chi connectivity index (χ1v) is 7.21. The van der Waals surface area contributed by atoms with E-state index in [2.05, 4.69) is 17.6 Å². The van der Waals surface area contributed by atoms with Crippen LogP contribution in [0.25, 0.3) is 0 Å². The molecule has 1 aliphatic carbocycles. The second-order valence-corrected chi connectivity index (χ2v) is 6.05. The van der Waals surface area contributed by atoms with Crippen LogP contribution in [0.4, 0.5) is 5.69 Å². The minimum absolute atomic E-state index is 0.148. The van der Waals surface area contributed by atoms with Crippen LogP contribution in [0.5, 0.6) is 0 Å². The molecule has 98 valence electrons. The Hall–Kier alpha value is -0.800. The van der Waals surface area contributed by atoms with Crippen molar-refractivity contribution in [3.05, 3.63) is 29.3 Å². The summed E-state index contributed by atoms with van der Waals surface area (Å²) < 4.78 is 0. The van der Waals surface area contributed by atoms with E-state index in [4.69, 9.17) is 23.8 Å². The zero-order valence-corrected chi connectivity index (χ0v) is 12.2. The van der Waals surface area contributed by atoms with Crippen LogP contribution in [0.2, 0.25) is 5.02 Å². The van der Waals surface area contributed by atoms with E-state index >= 15 is 0 Å². The summed E-state index contributed by atoms with van der Waals surface area (Å²) >= 11 is 11.2. The standard InChI is InChI=1S/C14H19ClN2S/c1-14(9-3-2-4-10-14)17-13(18)16-12-7-5-11(15)6-8-12/h5-8H,2-4,9-10H2,1H3,(H2,16,17,18). The van der Waals surface area contributed by atoms with Gasteiger partial charge in [0.05, 0.1) is 0 Å². The first-order valence-electron chi connectivity index (χ1n) is 6.42. The Morgan fingerprint density at radius 3 is 2.39 bits per heavy atom. The number of thiocarbonyl (C=S) groups is 1. The summed E-state index contributed by atoms with van der Waals surface area (Å²) in [6.45, 7) is 2.25. The molecule has 18 heavy (non-hydrogen) atoms. The van der Waals surface area contributed by atoms with E-state index in [1.165, 1.54) is 32.1 Å². The second kappa shape index (κ2) is 5.89. The van der Waals surface area contributed by atoms with Crippen LogP contribution in [0, 0.1) is 0 Å². The minimum Gasteiger partial charge on any atom is -0.357 e. The van der Waals surface area contributed by atoms with Crippen LogP contribution >= 0.6 is 23.8 Å². The van der Waals surface area contributed by atoms with Gasteiger partial charge in [0.15, 0.2) is 5.11 Å². The van der Waals surface area contributed by atoms with Gasteiger partial charge >= 0.3 is 0 Å². The molecule has 0 amide bonds. The number of benzene rings is 1. The van der Waals surface area contributed by atoms with Gasteiger partial charge in [-0.15, -0.1) is 0 Å². The van der Waals surface area contributed by atoms with Crippen LogP contribution in [0.15, 0.2) is 24.3 Å². The van der Waals surface area contributed by atoms with Crippen molar-refractivity contribution in [2.24, 2.45) is 0 Å². The van der Waals surface area contributed by atoms with Crippen LogP contribution in [-0.2, 0) is 0 Å². The zero-order valence-electron chi connectivity index (χ0n) is 10.6. The van der Waals surface area contributed by atoms with Gasteiger partial charge in [-0.25, -0.2) is 0 Å². The molecule has 2 nitrogen and oxygen atoms in total. The molecule has 1 saturated carbocycles. The van der Waals surface area contributed by atoms with Gasteiger partial charge in [0, 0.05) is 16.2 Å². The van der Waals surface area contributed by atoms with Crippen molar-refractivity contribution in [3.8, 4) is 0 Å². The predicted molar refractivity (Wildman–Crippen MR) is 82.3 cm³/mol. The lowest BCUT2D eigenvalue weighted by molar-refractivity contribution is 0.292. The normalized spacial score (nSPS) is 18.1. The molecule has 4 heteroatoms. The molecular weight excluding hydrogens is 264 g/mol. The molecule has 0 aliphatic heterocycles. The van der Waals surface area contributed by atoms with Crippen LogP contribution in [0.1, 0.15) is 39.0 Å². The number of hydrogen-bond acceptors (Lipinski definition) is 1. The molecule has 1 aromatic carbocycles. The van der Waals surface area contributed by atoms with E-state index < -0.39 is 0 Å². The molecule has 2 rings (SSSR count). The van der Waals surface area contributed by atoms with E-state index in [-0.39, 0.29) is 5.54 Å². The fourth-order valence-corrected chi connectivity index (χ4v) is 2.92. The lowest BCUT2D eigenvalue weighted by Gasteiger charge is -2.35. The maximum Gasteiger partial charge on any atom is 0.171 e. The lowest BCUT2D eigenvalue weighted by Crippen LogP contribution is -2.48. The Morgan fingerprint density at radius 2 is 1.78 bits per heavy atom. The average molecular weight is 283 g/mol. The number of rotatable bonds is 2. The number of hydrogen-bond donors (Lipinski definition) is 2. The Kier molecular flexibility index (Phi) is 4.46. The maximum atomic E-state index is 5.85. The van der Waals surface area contributed by atoms with Gasteiger partial charge < -0.3 is 10.6 Å². The Morgan fingerprint density at radius 1 is 1.17 bits per heavy atom. The topological polar surface area (TPSA) is 24.1 Å². The fourth-order valence-electron chi connectivity index (χ4n) is 2.43. The van der Waals surface area contributed by atoms with Crippen molar-refractivity contribution in [1.29, 1.82) is 0 Å². The molecule has 0 saturated heterocycles. The molecule has 0 aromatic heterocycles. The summed E-state index contributed by atoms with van der Waals surface area (Å²) in [6.07, 6.45) is 6.29. The van der Waals surface area contributed by atoms with E-state index in [1.807, 2.05) is 24.3 Å². The third-order valence-corrected chi connectivity index (χ3v) is 3.93. The van der Waals surface area contributed by atoms with Gasteiger partial charge in [-0.1, -0.05) is 30.9 Å². The van der Waals surface area contributed by atoms with Gasteiger partial charge in [-0.2, -0.15) is 0 Å². The third-order valence-electron chi connectivity index (χ3n) is 3.47. The summed E-state index contributed by atoms with van der Waals surface area (Å²) in [5, 5.41) is 8.08. The molecule has 0 atom stereocenters. The smallest absolute Gasteiger partial charge is 0.171 e. The van der Waals surface area contributed by atoms with Crippen molar-refractivity contribution in [2.45, 2.75) is 44.6 Å². The van der Waals surface area contributed by atoms with E-state index in [9.17, 15) is 0 Å².